The largest absolute Gasteiger partial charge is 0.316 e. The lowest BCUT2D eigenvalue weighted by Crippen LogP contribution is -2.50. The van der Waals surface area contributed by atoms with Crippen LogP contribution in [-0.4, -0.2) is 45.8 Å². The maximum atomic E-state index is 4.48. The van der Waals surface area contributed by atoms with Gasteiger partial charge in [0.15, 0.2) is 0 Å². The highest BCUT2D eigenvalue weighted by molar-refractivity contribution is 5.00. The van der Waals surface area contributed by atoms with Gasteiger partial charge >= 0.3 is 0 Å². The van der Waals surface area contributed by atoms with Crippen LogP contribution in [0.1, 0.15) is 50.2 Å². The SMILES string of the molecule is C1CCn2c(nnc2CN2CCCC3(CCCNC3)C2)C1. The quantitative estimate of drug-likeness (QED) is 0.898. The van der Waals surface area contributed by atoms with Crippen molar-refractivity contribution < 1.29 is 0 Å². The fourth-order valence-electron chi connectivity index (χ4n) is 4.51. The Morgan fingerprint density at radius 3 is 2.90 bits per heavy atom. The molecule has 1 aromatic rings. The molecule has 116 valence electrons. The summed E-state index contributed by atoms with van der Waals surface area (Å²) in [6.07, 6.45) is 9.14. The Bertz CT molecular complexity index is 483. The Kier molecular flexibility index (Phi) is 3.71. The lowest BCUT2D eigenvalue weighted by molar-refractivity contribution is 0.0577. The molecule has 1 N–H and O–H groups in total. The number of aromatic nitrogens is 3. The van der Waals surface area contributed by atoms with E-state index in [1.54, 1.807) is 0 Å². The van der Waals surface area contributed by atoms with E-state index in [1.807, 2.05) is 0 Å². The first-order valence-corrected chi connectivity index (χ1v) is 8.69. The number of fused-ring (bicyclic) bond motifs is 1. The second kappa shape index (κ2) is 5.69. The molecule has 0 aromatic carbocycles. The summed E-state index contributed by atoms with van der Waals surface area (Å²) >= 11 is 0. The van der Waals surface area contributed by atoms with Gasteiger partial charge in [-0.2, -0.15) is 0 Å². The minimum absolute atomic E-state index is 0.529. The molecule has 4 heterocycles. The standard InChI is InChI=1S/C16H27N5/c1-2-10-21-14(5-1)18-19-15(21)11-20-9-4-7-16(13-20)6-3-8-17-12-16/h17H,1-13H2. The number of nitrogens with zero attached hydrogens (tertiary/aromatic N) is 4. The molecule has 2 saturated heterocycles. The Balaban J connectivity index is 1.45. The second-order valence-corrected chi connectivity index (χ2v) is 7.24. The van der Waals surface area contributed by atoms with Gasteiger partial charge in [-0.3, -0.25) is 4.90 Å². The van der Waals surface area contributed by atoms with Gasteiger partial charge in [0.25, 0.3) is 0 Å². The minimum atomic E-state index is 0.529. The number of rotatable bonds is 2. The fraction of sp³-hybridized carbons (Fsp3) is 0.875. The molecular formula is C16H27N5. The first-order chi connectivity index (χ1) is 10.3. The van der Waals surface area contributed by atoms with E-state index in [-0.39, 0.29) is 0 Å². The summed E-state index contributed by atoms with van der Waals surface area (Å²) in [5.74, 6) is 2.41. The van der Waals surface area contributed by atoms with Crippen molar-refractivity contribution in [2.45, 2.75) is 58.0 Å². The average molecular weight is 289 g/mol. The first kappa shape index (κ1) is 13.7. The smallest absolute Gasteiger partial charge is 0.147 e. The Morgan fingerprint density at radius 2 is 2.00 bits per heavy atom. The molecule has 0 radical (unpaired) electrons. The molecule has 0 bridgehead atoms. The summed E-state index contributed by atoms with van der Waals surface area (Å²) in [6, 6.07) is 0. The number of piperidine rings is 2. The highest BCUT2D eigenvalue weighted by Gasteiger charge is 2.36. The molecule has 1 aromatic heterocycles. The number of hydrogen-bond acceptors (Lipinski definition) is 4. The molecule has 0 saturated carbocycles. The molecule has 3 aliphatic heterocycles. The van der Waals surface area contributed by atoms with Gasteiger partial charge in [-0.25, -0.2) is 0 Å². The maximum absolute atomic E-state index is 4.48. The molecule has 3 aliphatic rings. The monoisotopic (exact) mass is 289 g/mol. The first-order valence-electron chi connectivity index (χ1n) is 8.69. The van der Waals surface area contributed by atoms with Crippen LogP contribution in [0.2, 0.25) is 0 Å². The average Bonchev–Trinajstić information content (AvgIpc) is 2.92. The van der Waals surface area contributed by atoms with Crippen molar-refractivity contribution in [1.82, 2.24) is 25.0 Å². The molecule has 2 fully saturated rings. The number of likely N-dealkylation sites (tertiary alicyclic amines) is 1. The van der Waals surface area contributed by atoms with Crippen LogP contribution >= 0.6 is 0 Å². The molecule has 5 heteroatoms. The van der Waals surface area contributed by atoms with Crippen LogP contribution in [0.15, 0.2) is 0 Å². The summed E-state index contributed by atoms with van der Waals surface area (Å²) in [5.41, 5.74) is 0.529. The van der Waals surface area contributed by atoms with E-state index in [0.717, 1.165) is 19.5 Å². The minimum Gasteiger partial charge on any atom is -0.316 e. The summed E-state index contributed by atoms with van der Waals surface area (Å²) in [5, 5.41) is 12.5. The van der Waals surface area contributed by atoms with E-state index < -0.39 is 0 Å². The molecule has 4 rings (SSSR count). The van der Waals surface area contributed by atoms with Gasteiger partial charge in [-0.1, -0.05) is 0 Å². The Hall–Kier alpha value is -0.940. The van der Waals surface area contributed by atoms with Gasteiger partial charge in [0.2, 0.25) is 0 Å². The normalized spacial score (nSPS) is 30.5. The number of hydrogen-bond donors (Lipinski definition) is 1. The lowest BCUT2D eigenvalue weighted by Gasteiger charge is -2.45. The molecule has 21 heavy (non-hydrogen) atoms. The van der Waals surface area contributed by atoms with E-state index in [2.05, 4.69) is 25.0 Å². The van der Waals surface area contributed by atoms with E-state index in [9.17, 15) is 0 Å². The zero-order valence-electron chi connectivity index (χ0n) is 13.0. The predicted octanol–water partition coefficient (Wildman–Crippen LogP) is 1.58. The third kappa shape index (κ3) is 2.73. The van der Waals surface area contributed by atoms with Crippen LogP contribution in [0.5, 0.6) is 0 Å². The third-order valence-corrected chi connectivity index (χ3v) is 5.60. The van der Waals surface area contributed by atoms with Gasteiger partial charge in [0, 0.05) is 26.1 Å². The lowest BCUT2D eigenvalue weighted by atomic mass is 9.74. The highest BCUT2D eigenvalue weighted by Crippen LogP contribution is 2.36. The maximum Gasteiger partial charge on any atom is 0.147 e. The van der Waals surface area contributed by atoms with Crippen LogP contribution in [-0.2, 0) is 19.5 Å². The van der Waals surface area contributed by atoms with Crippen LogP contribution in [0.4, 0.5) is 0 Å². The van der Waals surface area contributed by atoms with Gasteiger partial charge in [0.1, 0.15) is 11.6 Å². The molecule has 1 atom stereocenters. The molecule has 1 spiro atoms. The Labute approximate surface area is 127 Å². The van der Waals surface area contributed by atoms with Crippen LogP contribution in [0.25, 0.3) is 0 Å². The molecule has 5 nitrogen and oxygen atoms in total. The second-order valence-electron chi connectivity index (χ2n) is 7.24. The van der Waals surface area contributed by atoms with Crippen molar-refractivity contribution in [3.63, 3.8) is 0 Å². The van der Waals surface area contributed by atoms with E-state index in [0.29, 0.717) is 5.41 Å². The predicted molar refractivity (Wildman–Crippen MR) is 82.0 cm³/mol. The van der Waals surface area contributed by atoms with Crippen molar-refractivity contribution in [2.24, 2.45) is 5.41 Å². The van der Waals surface area contributed by atoms with Crippen molar-refractivity contribution in [1.29, 1.82) is 0 Å². The van der Waals surface area contributed by atoms with Crippen molar-refractivity contribution in [3.8, 4) is 0 Å². The van der Waals surface area contributed by atoms with Gasteiger partial charge < -0.3 is 9.88 Å². The van der Waals surface area contributed by atoms with E-state index >= 15 is 0 Å². The number of aryl methyl sites for hydroxylation is 1. The Morgan fingerprint density at radius 1 is 1.05 bits per heavy atom. The zero-order valence-corrected chi connectivity index (χ0v) is 13.0. The van der Waals surface area contributed by atoms with Crippen molar-refractivity contribution in [3.05, 3.63) is 11.6 Å². The zero-order chi connectivity index (χ0) is 14.1. The van der Waals surface area contributed by atoms with E-state index in [1.165, 1.54) is 76.4 Å². The summed E-state index contributed by atoms with van der Waals surface area (Å²) < 4.78 is 2.38. The molecule has 0 aliphatic carbocycles. The van der Waals surface area contributed by atoms with Crippen LogP contribution < -0.4 is 5.32 Å². The van der Waals surface area contributed by atoms with Gasteiger partial charge in [-0.15, -0.1) is 10.2 Å². The highest BCUT2D eigenvalue weighted by atomic mass is 15.3. The molecular weight excluding hydrogens is 262 g/mol. The van der Waals surface area contributed by atoms with E-state index in [4.69, 9.17) is 0 Å². The van der Waals surface area contributed by atoms with Crippen molar-refractivity contribution >= 4 is 0 Å². The number of nitrogens with one attached hydrogen (secondary N) is 1. The summed E-state index contributed by atoms with van der Waals surface area (Å²) in [6.45, 7) is 7.00. The summed E-state index contributed by atoms with van der Waals surface area (Å²) in [4.78, 5) is 2.63. The topological polar surface area (TPSA) is 46.0 Å². The summed E-state index contributed by atoms with van der Waals surface area (Å²) in [7, 11) is 0. The van der Waals surface area contributed by atoms with Crippen molar-refractivity contribution in [2.75, 3.05) is 26.2 Å². The van der Waals surface area contributed by atoms with Crippen LogP contribution in [0.3, 0.4) is 0 Å². The molecule has 0 amide bonds. The van der Waals surface area contributed by atoms with Gasteiger partial charge in [-0.05, 0) is 57.0 Å². The molecule has 1 unspecified atom stereocenters. The fourth-order valence-corrected chi connectivity index (χ4v) is 4.51. The van der Waals surface area contributed by atoms with Gasteiger partial charge in [0.05, 0.1) is 6.54 Å². The third-order valence-electron chi connectivity index (χ3n) is 5.60. The van der Waals surface area contributed by atoms with Crippen LogP contribution in [0, 0.1) is 5.41 Å².